The van der Waals surface area contributed by atoms with Crippen molar-refractivity contribution in [3.05, 3.63) is 21.4 Å². The van der Waals surface area contributed by atoms with Gasteiger partial charge in [-0.1, -0.05) is 6.42 Å². The van der Waals surface area contributed by atoms with Crippen molar-refractivity contribution < 1.29 is 14.3 Å². The summed E-state index contributed by atoms with van der Waals surface area (Å²) in [6, 6.07) is 1.66. The Morgan fingerprint density at radius 3 is 2.86 bits per heavy atom. The number of thiophene rings is 1. The minimum atomic E-state index is -0.399. The number of nitrogens with zero attached hydrogens (tertiary/aromatic N) is 1. The second-order valence-corrected chi connectivity index (χ2v) is 6.94. The summed E-state index contributed by atoms with van der Waals surface area (Å²) in [4.78, 5) is 28.3. The Hall–Kier alpha value is -1.36. The molecular weight excluding hydrogens is 286 g/mol. The number of amides is 1. The summed E-state index contributed by atoms with van der Waals surface area (Å²) >= 11 is 1.62. The molecule has 1 saturated heterocycles. The predicted molar refractivity (Wildman–Crippen MR) is 81.7 cm³/mol. The molecule has 3 rings (SSSR count). The number of carbonyl (C=O) groups is 2. The lowest BCUT2D eigenvalue weighted by molar-refractivity contribution is -0.145. The van der Waals surface area contributed by atoms with Gasteiger partial charge in [0.05, 0.1) is 12.0 Å². The van der Waals surface area contributed by atoms with E-state index in [0.29, 0.717) is 13.0 Å². The number of aryl methyl sites for hydroxylation is 2. The number of likely N-dealkylation sites (tertiary alicyclic amines) is 1. The van der Waals surface area contributed by atoms with Gasteiger partial charge in [0.15, 0.2) is 0 Å². The molecule has 0 spiro atoms. The topological polar surface area (TPSA) is 46.6 Å². The van der Waals surface area contributed by atoms with E-state index in [4.69, 9.17) is 4.74 Å². The van der Waals surface area contributed by atoms with Crippen LogP contribution in [-0.2, 0) is 22.4 Å². The Bertz CT molecular complexity index is 528. The van der Waals surface area contributed by atoms with Crippen molar-refractivity contribution in [1.29, 1.82) is 0 Å². The van der Waals surface area contributed by atoms with Gasteiger partial charge in [0.1, 0.15) is 6.04 Å². The van der Waals surface area contributed by atoms with Crippen molar-refractivity contribution in [1.82, 2.24) is 4.90 Å². The van der Waals surface area contributed by atoms with E-state index in [1.54, 1.807) is 16.2 Å². The van der Waals surface area contributed by atoms with Gasteiger partial charge in [-0.2, -0.15) is 0 Å². The van der Waals surface area contributed by atoms with Gasteiger partial charge in [-0.15, -0.1) is 11.3 Å². The zero-order valence-corrected chi connectivity index (χ0v) is 13.2. The molecule has 1 aliphatic heterocycles. The second-order valence-electron chi connectivity index (χ2n) is 5.80. The van der Waals surface area contributed by atoms with E-state index in [2.05, 4.69) is 6.07 Å². The molecule has 0 bridgehead atoms. The lowest BCUT2D eigenvalue weighted by Gasteiger charge is -2.21. The number of hydrogen-bond acceptors (Lipinski definition) is 4. The Kier molecular flexibility index (Phi) is 4.29. The third kappa shape index (κ3) is 2.84. The van der Waals surface area contributed by atoms with Crippen molar-refractivity contribution in [2.75, 3.05) is 13.7 Å². The van der Waals surface area contributed by atoms with E-state index in [-0.39, 0.29) is 11.9 Å². The number of methoxy groups -OCH3 is 1. The number of ether oxygens (including phenoxy) is 1. The van der Waals surface area contributed by atoms with E-state index >= 15 is 0 Å². The first-order valence-corrected chi connectivity index (χ1v) is 8.52. The van der Waals surface area contributed by atoms with Crippen LogP contribution in [0.4, 0.5) is 0 Å². The number of esters is 1. The van der Waals surface area contributed by atoms with E-state index in [1.165, 1.54) is 36.8 Å². The number of fused-ring (bicyclic) bond motifs is 1. The average Bonchev–Trinajstić information content (AvgIpc) is 3.08. The monoisotopic (exact) mass is 307 g/mol. The van der Waals surface area contributed by atoms with E-state index < -0.39 is 6.04 Å². The van der Waals surface area contributed by atoms with Gasteiger partial charge >= 0.3 is 5.97 Å². The molecule has 5 heteroatoms. The molecule has 4 nitrogen and oxygen atoms in total. The van der Waals surface area contributed by atoms with Crippen LogP contribution in [0.25, 0.3) is 0 Å². The number of carbonyl (C=O) groups excluding carboxylic acids is 2. The quantitative estimate of drug-likeness (QED) is 0.623. The molecule has 1 atom stereocenters. The molecule has 114 valence electrons. The Labute approximate surface area is 129 Å². The van der Waals surface area contributed by atoms with E-state index in [1.807, 2.05) is 0 Å². The van der Waals surface area contributed by atoms with Crippen molar-refractivity contribution in [3.8, 4) is 0 Å². The molecule has 21 heavy (non-hydrogen) atoms. The number of rotatable bonds is 2. The van der Waals surface area contributed by atoms with Crippen molar-refractivity contribution in [2.45, 2.75) is 51.0 Å². The third-order valence-corrected chi connectivity index (χ3v) is 5.67. The first-order valence-electron chi connectivity index (χ1n) is 7.71. The minimum Gasteiger partial charge on any atom is -0.467 e. The van der Waals surface area contributed by atoms with Gasteiger partial charge in [0, 0.05) is 11.4 Å². The molecular formula is C16H21NO3S. The molecule has 2 heterocycles. The van der Waals surface area contributed by atoms with Crippen LogP contribution in [0.2, 0.25) is 0 Å². The van der Waals surface area contributed by atoms with Crippen LogP contribution in [0.5, 0.6) is 0 Å². The first-order chi connectivity index (χ1) is 10.2. The largest absolute Gasteiger partial charge is 0.467 e. The fraction of sp³-hybridized carbons (Fsp3) is 0.625. The zero-order valence-electron chi connectivity index (χ0n) is 12.4. The summed E-state index contributed by atoms with van der Waals surface area (Å²) in [6.07, 6.45) is 7.47. The highest BCUT2D eigenvalue weighted by molar-refractivity contribution is 7.14. The maximum Gasteiger partial charge on any atom is 0.328 e. The molecule has 1 fully saturated rings. The highest BCUT2D eigenvalue weighted by Gasteiger charge is 2.36. The standard InChI is InChI=1S/C16H21NO3S/c1-20-16(19)12-7-5-9-17(12)15(18)14-10-11-6-3-2-4-8-13(11)21-14/h10,12H,2-9H2,1H3. The summed E-state index contributed by atoms with van der Waals surface area (Å²) in [7, 11) is 1.39. The SMILES string of the molecule is COC(=O)C1CCCN1C(=O)c1cc2c(s1)CCCCC2. The highest BCUT2D eigenvalue weighted by atomic mass is 32.1. The Morgan fingerprint density at radius 1 is 1.24 bits per heavy atom. The average molecular weight is 307 g/mol. The summed E-state index contributed by atoms with van der Waals surface area (Å²) < 4.78 is 4.82. The van der Waals surface area contributed by atoms with Crippen LogP contribution in [0.15, 0.2) is 6.07 Å². The molecule has 1 unspecified atom stereocenters. The lowest BCUT2D eigenvalue weighted by Crippen LogP contribution is -2.40. The molecule has 1 aromatic heterocycles. The first kappa shape index (κ1) is 14.6. The van der Waals surface area contributed by atoms with E-state index in [9.17, 15) is 9.59 Å². The summed E-state index contributed by atoms with van der Waals surface area (Å²) in [5.41, 5.74) is 1.34. The smallest absolute Gasteiger partial charge is 0.328 e. The molecule has 0 saturated carbocycles. The van der Waals surface area contributed by atoms with E-state index in [0.717, 1.165) is 24.1 Å². The molecule has 0 N–H and O–H groups in total. The maximum absolute atomic E-state index is 12.7. The molecule has 0 radical (unpaired) electrons. The van der Waals surface area contributed by atoms with Gasteiger partial charge in [-0.3, -0.25) is 4.79 Å². The van der Waals surface area contributed by atoms with Crippen molar-refractivity contribution in [2.24, 2.45) is 0 Å². The van der Waals surface area contributed by atoms with Gasteiger partial charge in [-0.25, -0.2) is 4.79 Å². The van der Waals surface area contributed by atoms with Crippen LogP contribution in [0, 0.1) is 0 Å². The van der Waals surface area contributed by atoms with Crippen LogP contribution >= 0.6 is 11.3 Å². The fourth-order valence-corrected chi connectivity index (χ4v) is 4.51. The second kappa shape index (κ2) is 6.18. The van der Waals surface area contributed by atoms with Crippen LogP contribution in [-0.4, -0.2) is 36.5 Å². The zero-order chi connectivity index (χ0) is 14.8. The predicted octanol–water partition coefficient (Wildman–Crippen LogP) is 2.79. The van der Waals surface area contributed by atoms with Gasteiger partial charge < -0.3 is 9.64 Å². The summed E-state index contributed by atoms with van der Waals surface area (Å²) in [6.45, 7) is 0.654. The molecule has 0 aromatic carbocycles. The van der Waals surface area contributed by atoms with Crippen LogP contribution in [0.1, 0.15) is 52.2 Å². The van der Waals surface area contributed by atoms with Crippen molar-refractivity contribution in [3.63, 3.8) is 0 Å². The summed E-state index contributed by atoms with van der Waals surface area (Å²) in [5.74, 6) is -0.292. The normalized spacial score (nSPS) is 21.8. The van der Waals surface area contributed by atoms with Crippen molar-refractivity contribution >= 4 is 23.2 Å². The summed E-state index contributed by atoms with van der Waals surface area (Å²) in [5, 5.41) is 0. The minimum absolute atomic E-state index is 0.000901. The van der Waals surface area contributed by atoms with Crippen LogP contribution in [0.3, 0.4) is 0 Å². The Balaban J connectivity index is 1.80. The number of hydrogen-bond donors (Lipinski definition) is 0. The molecule has 2 aliphatic rings. The van der Waals surface area contributed by atoms with Gasteiger partial charge in [0.2, 0.25) is 0 Å². The molecule has 1 aromatic rings. The van der Waals surface area contributed by atoms with Crippen LogP contribution < -0.4 is 0 Å². The maximum atomic E-state index is 12.7. The lowest BCUT2D eigenvalue weighted by atomic mass is 10.1. The highest BCUT2D eigenvalue weighted by Crippen LogP contribution is 2.31. The molecule has 1 aliphatic carbocycles. The third-order valence-electron chi connectivity index (χ3n) is 4.44. The molecule has 1 amide bonds. The fourth-order valence-electron chi connectivity index (χ4n) is 3.31. The van der Waals surface area contributed by atoms with Gasteiger partial charge in [0.25, 0.3) is 5.91 Å². The Morgan fingerprint density at radius 2 is 2.05 bits per heavy atom. The van der Waals surface area contributed by atoms with Gasteiger partial charge in [-0.05, 0) is 50.2 Å².